The molecular weight excluding hydrogens is 1640 g/mol. The van der Waals surface area contributed by atoms with Gasteiger partial charge in [0.2, 0.25) is 0 Å². The Labute approximate surface area is 774 Å². The smallest absolute Gasteiger partial charge is 0.343 e. The summed E-state index contributed by atoms with van der Waals surface area (Å²) in [5.74, 6) is -5.42. The molecule has 0 atom stereocenters. The zero-order valence-corrected chi connectivity index (χ0v) is 73.6. The average molecular weight is 1730 g/mol. The number of carboxylic acids is 4. The molecule has 0 unspecified atom stereocenters. The number of benzene rings is 15. The third-order valence-corrected chi connectivity index (χ3v) is 24.9. The van der Waals surface area contributed by atoms with E-state index in [0.717, 1.165) is 97.9 Å². The lowest BCUT2D eigenvalue weighted by Gasteiger charge is -2.29. The fourth-order valence-corrected chi connectivity index (χ4v) is 18.2. The number of allylic oxidation sites excluding steroid dienone is 10. The van der Waals surface area contributed by atoms with Crippen LogP contribution in [0.4, 0.5) is 51.2 Å². The highest BCUT2D eigenvalue weighted by Gasteiger charge is 2.38. The lowest BCUT2D eigenvalue weighted by Crippen LogP contribution is -2.18. The average Bonchev–Trinajstić information content (AvgIpc) is 1.58. The lowest BCUT2D eigenvalue weighted by molar-refractivity contribution is -0.140. The van der Waals surface area contributed by atoms with Crippen LogP contribution in [0.15, 0.2) is 430 Å². The molecule has 15 aromatic carbocycles. The van der Waals surface area contributed by atoms with E-state index in [1.54, 1.807) is 30.4 Å². The number of hydrogen-bond acceptors (Lipinski definition) is 7. The molecule has 0 heterocycles. The summed E-state index contributed by atoms with van der Waals surface area (Å²) in [6, 6.07) is 124. The van der Waals surface area contributed by atoms with Gasteiger partial charge < -0.3 is 35.1 Å². The molecule has 0 radical (unpaired) electrons. The number of fused-ring (bicyclic) bond motifs is 12. The van der Waals surface area contributed by atoms with Crippen LogP contribution in [0.2, 0.25) is 0 Å². The van der Waals surface area contributed by atoms with E-state index in [-0.39, 0.29) is 22.2 Å². The van der Waals surface area contributed by atoms with Gasteiger partial charge in [-0.3, -0.25) is 9.59 Å². The molecule has 0 saturated carbocycles. The summed E-state index contributed by atoms with van der Waals surface area (Å²) in [6.07, 6.45) is 22.6. The summed E-state index contributed by atoms with van der Waals surface area (Å²) in [4.78, 5) is 57.1. The van der Waals surface area contributed by atoms with Gasteiger partial charge in [-0.05, 0) is 268 Å². The van der Waals surface area contributed by atoms with E-state index in [0.29, 0.717) is 0 Å². The highest BCUT2D eigenvalue weighted by atomic mass is 16.4. The van der Waals surface area contributed by atoms with Gasteiger partial charge in [0.25, 0.3) is 11.4 Å². The second-order valence-corrected chi connectivity index (χ2v) is 33.7. The van der Waals surface area contributed by atoms with Gasteiger partial charge in [-0.15, -0.1) is 0 Å². The SMILES string of the molecule is O=C(O)C(=C/C=C/C=C/C=C/c1ccc(N(c2ccc(-c3ccccc3)cc2)c2ccc(-c3ccccc3)cc2)cc1)C(=O)O.[C-]#[N+]/C(=C/C=C/c1ccc(N(c2ccc3c(c2)Cc2ccccc2-3)c2ccc3c(c2)Cc2ccccc2-3)cc1)C(=O)O.[C-]#[N+]/C(=C\C=C\c1ccc(N(c2ccc3c(c2)C(C)(C)c2ccccc2-3)c2ccc3c(c2)C(C)(C)c2ccccc2-3)cc1)C(=O)O. The van der Waals surface area contributed by atoms with Crippen LogP contribution in [0.5, 0.6) is 0 Å². The monoisotopic (exact) mass is 1730 g/mol. The minimum Gasteiger partial charge on any atom is -0.486 e. The molecule has 19 rings (SSSR count). The Bertz CT molecular complexity index is 7060. The number of hydrogen-bond donors (Lipinski definition) is 4. The van der Waals surface area contributed by atoms with Crippen molar-refractivity contribution in [2.75, 3.05) is 14.7 Å². The Balaban J connectivity index is 0.000000139. The maximum atomic E-state index is 11.2. The molecular formula is C120H91N5O8. The van der Waals surface area contributed by atoms with E-state index in [1.807, 2.05) is 97.1 Å². The summed E-state index contributed by atoms with van der Waals surface area (Å²) in [5, 5.41) is 36.0. The number of rotatable bonds is 23. The van der Waals surface area contributed by atoms with Crippen molar-refractivity contribution in [1.29, 1.82) is 0 Å². The Morgan fingerprint density at radius 1 is 0.263 bits per heavy atom. The molecule has 0 spiro atoms. The van der Waals surface area contributed by atoms with Crippen molar-refractivity contribution >= 4 is 93.3 Å². The van der Waals surface area contributed by atoms with E-state index in [9.17, 15) is 19.2 Å². The Morgan fingerprint density at radius 2 is 0.541 bits per heavy atom. The topological polar surface area (TPSA) is 168 Å². The maximum Gasteiger partial charge on any atom is 0.343 e. The summed E-state index contributed by atoms with van der Waals surface area (Å²) in [5.41, 5.74) is 36.5. The second kappa shape index (κ2) is 38.6. The van der Waals surface area contributed by atoms with Crippen LogP contribution in [-0.2, 0) is 42.8 Å². The maximum absolute atomic E-state index is 11.2. The van der Waals surface area contributed by atoms with Gasteiger partial charge in [0.15, 0.2) is 0 Å². The van der Waals surface area contributed by atoms with Gasteiger partial charge in [0.05, 0.1) is 13.1 Å². The molecule has 0 aromatic heterocycles. The van der Waals surface area contributed by atoms with Crippen molar-refractivity contribution in [3.05, 3.63) is 514 Å². The summed E-state index contributed by atoms with van der Waals surface area (Å²) >= 11 is 0. The zero-order valence-electron chi connectivity index (χ0n) is 73.6. The largest absolute Gasteiger partial charge is 0.486 e. The van der Waals surface area contributed by atoms with Crippen LogP contribution >= 0.6 is 0 Å². The molecule has 4 aliphatic carbocycles. The predicted octanol–water partition coefficient (Wildman–Crippen LogP) is 29.6. The van der Waals surface area contributed by atoms with Crippen LogP contribution in [0.3, 0.4) is 0 Å². The number of carbonyl (C=O) groups is 4. The van der Waals surface area contributed by atoms with Crippen LogP contribution in [0.1, 0.15) is 88.9 Å². The lowest BCUT2D eigenvalue weighted by atomic mass is 9.82. The molecule has 0 amide bonds. The quantitative estimate of drug-likeness (QED) is 0.0158. The van der Waals surface area contributed by atoms with Crippen LogP contribution in [0, 0.1) is 13.1 Å². The van der Waals surface area contributed by atoms with Crippen LogP contribution in [-0.4, -0.2) is 44.3 Å². The first kappa shape index (κ1) is 87.5. The van der Waals surface area contributed by atoms with Gasteiger partial charge in [-0.1, -0.05) is 331 Å². The standard InChI is InChI=1S/C42H34N2O2.C40H31NO4.C38H26N2O2/c1-41(2)35-14-8-6-12-31(35)33-23-21-29(25-37(33)41)44(28-19-17-27(18-20-28)11-10-16-39(43-5)40(45)46)30-22-24-34-32-13-7-9-15-36(32)42(3,4)38(34)26-30;42-39(43)38(40(44)45)17-11-3-1-2-6-12-30-18-24-35(25-19-30)41(36-26-20-33(21-27-36)31-13-7-4-8-14-31)37-28-22-34(23-29-37)32-15-9-5-10-16-32;1-39-37(38(41)42)12-6-7-25-13-15-30(16-14-25)40(31-17-19-35-28(23-31)21-26-8-2-4-10-33(26)35)32-18-20-36-29(24-32)22-27-9-3-5-11-34(27)36/h6-26H,1-4H3,(H,45,46);1-29H,(H,42,43)(H,44,45);2-20,23-24H,21-22H2,(H,41,42)/b11-10+,39-16-;2-1+,11-3+,12-6+;7-6+,37-12+. The Hall–Kier alpha value is -17.5. The molecule has 0 fully saturated rings. The number of nitrogens with zero attached hydrogens (tertiary/aromatic N) is 5. The predicted molar refractivity (Wildman–Crippen MR) is 539 cm³/mol. The molecule has 4 N–H and O–H groups in total. The minimum absolute atomic E-state index is 0.127. The first-order valence-electron chi connectivity index (χ1n) is 43.8. The van der Waals surface area contributed by atoms with E-state index in [4.69, 9.17) is 33.6 Å². The highest BCUT2D eigenvalue weighted by molar-refractivity contribution is 6.12. The molecule has 15 aromatic rings. The molecule has 0 bridgehead atoms. The van der Waals surface area contributed by atoms with Gasteiger partial charge in [-0.25, -0.2) is 19.3 Å². The molecule has 0 saturated heterocycles. The fourth-order valence-electron chi connectivity index (χ4n) is 18.2. The van der Waals surface area contributed by atoms with Gasteiger partial charge >= 0.3 is 23.9 Å². The van der Waals surface area contributed by atoms with Crippen molar-refractivity contribution in [1.82, 2.24) is 0 Å². The molecule has 13 heteroatoms. The Kier molecular flexibility index (Phi) is 25.4. The first-order chi connectivity index (χ1) is 64.7. The highest BCUT2D eigenvalue weighted by Crippen LogP contribution is 2.54. The zero-order chi connectivity index (χ0) is 92.3. The third-order valence-electron chi connectivity index (χ3n) is 24.9. The van der Waals surface area contributed by atoms with E-state index in [2.05, 4.69) is 331 Å². The molecule has 133 heavy (non-hydrogen) atoms. The number of aliphatic carboxylic acids is 4. The fraction of sp³-hybridized carbons (Fsp3) is 0.0667. The molecule has 13 nitrogen and oxygen atoms in total. The van der Waals surface area contributed by atoms with Crippen molar-refractivity contribution in [3.63, 3.8) is 0 Å². The third kappa shape index (κ3) is 18.7. The first-order valence-corrected chi connectivity index (χ1v) is 43.8. The van der Waals surface area contributed by atoms with E-state index >= 15 is 0 Å². The summed E-state index contributed by atoms with van der Waals surface area (Å²) < 4.78 is 0. The number of carboxylic acid groups (broad SMARTS) is 4. The normalized spacial score (nSPS) is 13.0. The summed E-state index contributed by atoms with van der Waals surface area (Å²) in [6.45, 7) is 23.3. The van der Waals surface area contributed by atoms with Crippen molar-refractivity contribution < 1.29 is 39.6 Å². The van der Waals surface area contributed by atoms with Gasteiger partial charge in [-0.2, -0.15) is 0 Å². The van der Waals surface area contributed by atoms with Crippen molar-refractivity contribution in [3.8, 4) is 66.8 Å². The van der Waals surface area contributed by atoms with E-state index < -0.39 is 29.5 Å². The molecule has 644 valence electrons. The van der Waals surface area contributed by atoms with Crippen molar-refractivity contribution in [2.45, 2.75) is 51.4 Å². The Morgan fingerprint density at radius 3 is 0.910 bits per heavy atom. The summed E-state index contributed by atoms with van der Waals surface area (Å²) in [7, 11) is 0. The van der Waals surface area contributed by atoms with Crippen molar-refractivity contribution in [2.24, 2.45) is 0 Å². The molecule has 0 aliphatic heterocycles. The van der Waals surface area contributed by atoms with Crippen LogP contribution < -0.4 is 14.7 Å². The second-order valence-electron chi connectivity index (χ2n) is 33.7. The molecule has 4 aliphatic rings. The minimum atomic E-state index is -1.48. The van der Waals surface area contributed by atoms with Gasteiger partial charge in [0, 0.05) is 62.0 Å². The van der Waals surface area contributed by atoms with Crippen LogP contribution in [0.25, 0.3) is 94.7 Å². The van der Waals surface area contributed by atoms with E-state index in [1.165, 1.54) is 118 Å². The number of anilines is 9. The van der Waals surface area contributed by atoms with Gasteiger partial charge in [0.1, 0.15) is 5.57 Å².